The van der Waals surface area contributed by atoms with Crippen LogP contribution >= 0.6 is 22.7 Å². The molecule has 1 fully saturated rings. The molecule has 0 saturated carbocycles. The fraction of sp³-hybridized carbons (Fsp3) is 0.435. The molecule has 4 aromatic rings. The van der Waals surface area contributed by atoms with E-state index in [0.717, 1.165) is 60.5 Å². The molecule has 0 radical (unpaired) electrons. The van der Waals surface area contributed by atoms with E-state index in [9.17, 15) is 0 Å². The number of aryl methyl sites for hydroxylation is 2. The number of nitrogen functional groups attached to an aromatic ring is 1. The molecule has 154 valence electrons. The molecule has 2 N–H and O–H groups in total. The summed E-state index contributed by atoms with van der Waals surface area (Å²) in [6.07, 6.45) is 7.12. The SMILES string of the molecule is Nc1nc(CN2CCC(c3nc4ccccc4s3)CC2)nc2sc3c(c12)CCCC3. The zero-order valence-corrected chi connectivity index (χ0v) is 18.6. The number of nitrogens with zero attached hydrogens (tertiary/aromatic N) is 4. The summed E-state index contributed by atoms with van der Waals surface area (Å²) >= 11 is 3.69. The first-order chi connectivity index (χ1) is 14.7. The summed E-state index contributed by atoms with van der Waals surface area (Å²) in [5, 5.41) is 2.43. The maximum absolute atomic E-state index is 6.40. The average Bonchev–Trinajstić information content (AvgIpc) is 3.35. The molecule has 1 aliphatic carbocycles. The number of nitrogens with two attached hydrogens (primary N) is 1. The Hall–Kier alpha value is -2.09. The first-order valence-corrected chi connectivity index (χ1v) is 12.5. The molecule has 0 unspecified atom stereocenters. The second kappa shape index (κ2) is 7.55. The smallest absolute Gasteiger partial charge is 0.146 e. The summed E-state index contributed by atoms with van der Waals surface area (Å²) in [6, 6.07) is 8.46. The van der Waals surface area contributed by atoms with E-state index in [0.29, 0.717) is 11.7 Å². The molecule has 4 heterocycles. The lowest BCUT2D eigenvalue weighted by molar-refractivity contribution is 0.200. The first kappa shape index (κ1) is 18.7. The van der Waals surface area contributed by atoms with Gasteiger partial charge >= 0.3 is 0 Å². The summed E-state index contributed by atoms with van der Waals surface area (Å²) in [7, 11) is 0. The zero-order chi connectivity index (χ0) is 20.1. The third-order valence-electron chi connectivity index (χ3n) is 6.50. The highest BCUT2D eigenvalue weighted by Crippen LogP contribution is 2.38. The second-order valence-electron chi connectivity index (χ2n) is 8.49. The van der Waals surface area contributed by atoms with E-state index >= 15 is 0 Å². The minimum Gasteiger partial charge on any atom is -0.383 e. The molecule has 0 bridgehead atoms. The van der Waals surface area contributed by atoms with Crippen molar-refractivity contribution in [1.82, 2.24) is 19.9 Å². The number of likely N-dealkylation sites (tertiary alicyclic amines) is 1. The highest BCUT2D eigenvalue weighted by molar-refractivity contribution is 7.19. The summed E-state index contributed by atoms with van der Waals surface area (Å²) in [5.41, 5.74) is 8.95. The van der Waals surface area contributed by atoms with Crippen molar-refractivity contribution in [2.24, 2.45) is 0 Å². The van der Waals surface area contributed by atoms with E-state index < -0.39 is 0 Å². The summed E-state index contributed by atoms with van der Waals surface area (Å²) in [4.78, 5) is 19.5. The van der Waals surface area contributed by atoms with Crippen LogP contribution in [-0.4, -0.2) is 32.9 Å². The number of thiophene rings is 1. The van der Waals surface area contributed by atoms with Gasteiger partial charge in [-0.2, -0.15) is 0 Å². The van der Waals surface area contributed by atoms with Gasteiger partial charge in [0.2, 0.25) is 0 Å². The third-order valence-corrected chi connectivity index (χ3v) is 8.89. The molecular weight excluding hydrogens is 410 g/mol. The largest absolute Gasteiger partial charge is 0.383 e. The predicted octanol–water partition coefficient (Wildman–Crippen LogP) is 5.14. The van der Waals surface area contributed by atoms with Crippen LogP contribution in [0.2, 0.25) is 0 Å². The van der Waals surface area contributed by atoms with Gasteiger partial charge in [-0.1, -0.05) is 12.1 Å². The van der Waals surface area contributed by atoms with Crippen LogP contribution in [0.1, 0.15) is 52.9 Å². The lowest BCUT2D eigenvalue weighted by Gasteiger charge is -2.30. The molecule has 3 aromatic heterocycles. The van der Waals surface area contributed by atoms with Gasteiger partial charge in [0.15, 0.2) is 0 Å². The molecule has 0 amide bonds. The van der Waals surface area contributed by atoms with Crippen molar-refractivity contribution < 1.29 is 0 Å². The molecule has 6 rings (SSSR count). The highest BCUT2D eigenvalue weighted by atomic mass is 32.1. The second-order valence-corrected chi connectivity index (χ2v) is 10.6. The van der Waals surface area contributed by atoms with Gasteiger partial charge in [0.05, 0.1) is 27.2 Å². The van der Waals surface area contributed by atoms with Gasteiger partial charge in [-0.3, -0.25) is 4.90 Å². The molecule has 0 atom stereocenters. The van der Waals surface area contributed by atoms with Crippen LogP contribution < -0.4 is 5.73 Å². The Morgan fingerprint density at radius 1 is 1.00 bits per heavy atom. The van der Waals surface area contributed by atoms with Gasteiger partial charge < -0.3 is 5.73 Å². The van der Waals surface area contributed by atoms with Crippen LogP contribution in [0.15, 0.2) is 24.3 Å². The van der Waals surface area contributed by atoms with Crippen LogP contribution in [0.25, 0.3) is 20.4 Å². The quantitative estimate of drug-likeness (QED) is 0.482. The van der Waals surface area contributed by atoms with Crippen LogP contribution in [-0.2, 0) is 19.4 Å². The van der Waals surface area contributed by atoms with Gasteiger partial charge in [-0.25, -0.2) is 15.0 Å². The molecule has 30 heavy (non-hydrogen) atoms. The molecule has 1 aliphatic heterocycles. The zero-order valence-electron chi connectivity index (χ0n) is 16.9. The Balaban J connectivity index is 1.17. The Kier molecular flexibility index (Phi) is 4.70. The Bertz CT molecular complexity index is 1190. The molecule has 7 heteroatoms. The molecule has 1 aromatic carbocycles. The molecule has 1 saturated heterocycles. The van der Waals surface area contributed by atoms with E-state index in [1.807, 2.05) is 22.7 Å². The standard InChI is InChI=1S/C23H25N5S2/c24-21-20-15-5-1-3-7-17(15)29-23(20)27-19(26-21)13-28-11-9-14(10-12-28)22-25-16-6-2-4-8-18(16)30-22/h2,4,6,8,14H,1,3,5,7,9-13H2,(H2,24,26,27). The predicted molar refractivity (Wildman–Crippen MR) is 125 cm³/mol. The lowest BCUT2D eigenvalue weighted by Crippen LogP contribution is -2.33. The molecule has 0 spiro atoms. The van der Waals surface area contributed by atoms with Crippen molar-refractivity contribution in [3.63, 3.8) is 0 Å². The number of hydrogen-bond acceptors (Lipinski definition) is 7. The number of thiazole rings is 1. The molecule has 2 aliphatic rings. The third kappa shape index (κ3) is 3.29. The number of hydrogen-bond donors (Lipinski definition) is 1. The normalized spacial score (nSPS) is 18.3. The average molecular weight is 436 g/mol. The van der Waals surface area contributed by atoms with Crippen LogP contribution in [0.4, 0.5) is 5.82 Å². The minimum atomic E-state index is 0.566. The van der Waals surface area contributed by atoms with Gasteiger partial charge in [0.25, 0.3) is 0 Å². The van der Waals surface area contributed by atoms with Crippen LogP contribution in [0.3, 0.4) is 0 Å². The van der Waals surface area contributed by atoms with E-state index in [1.165, 1.54) is 39.4 Å². The summed E-state index contributed by atoms with van der Waals surface area (Å²) < 4.78 is 1.30. The maximum atomic E-state index is 6.40. The number of rotatable bonds is 3. The summed E-state index contributed by atoms with van der Waals surface area (Å²) in [5.74, 6) is 2.12. The van der Waals surface area contributed by atoms with Crippen LogP contribution in [0.5, 0.6) is 0 Å². The molecule has 5 nitrogen and oxygen atoms in total. The number of benzene rings is 1. The highest BCUT2D eigenvalue weighted by Gasteiger charge is 2.25. The van der Waals surface area contributed by atoms with Crippen molar-refractivity contribution in [3.05, 3.63) is 45.5 Å². The minimum absolute atomic E-state index is 0.566. The van der Waals surface area contributed by atoms with Crippen LogP contribution in [0, 0.1) is 0 Å². The number of anilines is 1. The molecular formula is C23H25N5S2. The first-order valence-electron chi connectivity index (χ1n) is 10.9. The number of para-hydroxylation sites is 1. The van der Waals surface area contributed by atoms with Crippen molar-refractivity contribution in [2.45, 2.75) is 51.0 Å². The van der Waals surface area contributed by atoms with Gasteiger partial charge in [-0.05, 0) is 69.3 Å². The fourth-order valence-electron chi connectivity index (χ4n) is 4.90. The van der Waals surface area contributed by atoms with Crippen molar-refractivity contribution >= 4 is 48.9 Å². The van der Waals surface area contributed by atoms with Crippen molar-refractivity contribution in [3.8, 4) is 0 Å². The Labute approximate surface area is 184 Å². The fourth-order valence-corrected chi connectivity index (χ4v) is 7.33. The Morgan fingerprint density at radius 3 is 2.70 bits per heavy atom. The maximum Gasteiger partial charge on any atom is 0.146 e. The lowest BCUT2D eigenvalue weighted by atomic mass is 9.97. The number of piperidine rings is 1. The van der Waals surface area contributed by atoms with Crippen molar-refractivity contribution in [2.75, 3.05) is 18.8 Å². The van der Waals surface area contributed by atoms with Gasteiger partial charge in [-0.15, -0.1) is 22.7 Å². The van der Waals surface area contributed by atoms with Crippen molar-refractivity contribution in [1.29, 1.82) is 0 Å². The summed E-state index contributed by atoms with van der Waals surface area (Å²) in [6.45, 7) is 2.90. The van der Waals surface area contributed by atoms with E-state index in [2.05, 4.69) is 29.2 Å². The topological polar surface area (TPSA) is 67.9 Å². The number of aromatic nitrogens is 3. The van der Waals surface area contributed by atoms with Gasteiger partial charge in [0, 0.05) is 10.8 Å². The monoisotopic (exact) mass is 435 g/mol. The van der Waals surface area contributed by atoms with E-state index in [1.54, 1.807) is 0 Å². The Morgan fingerprint density at radius 2 is 1.83 bits per heavy atom. The van der Waals surface area contributed by atoms with E-state index in [-0.39, 0.29) is 0 Å². The number of fused-ring (bicyclic) bond motifs is 4. The van der Waals surface area contributed by atoms with Gasteiger partial charge in [0.1, 0.15) is 16.5 Å². The van der Waals surface area contributed by atoms with E-state index in [4.69, 9.17) is 20.7 Å².